The van der Waals surface area contributed by atoms with Crippen LogP contribution in [-0.4, -0.2) is 37.2 Å². The summed E-state index contributed by atoms with van der Waals surface area (Å²) in [5, 5.41) is 0. The van der Waals surface area contributed by atoms with Gasteiger partial charge in [0.1, 0.15) is 13.2 Å². The Morgan fingerprint density at radius 1 is 0.338 bits per heavy atom. The van der Waals surface area contributed by atoms with Gasteiger partial charge < -0.3 is 14.2 Å². The number of allylic oxidation sites excluding steroid dienone is 12. The molecular formula is C59H102O6. The quantitative estimate of drug-likeness (QED) is 0.0199. The van der Waals surface area contributed by atoms with Crippen molar-refractivity contribution in [3.8, 4) is 0 Å². The van der Waals surface area contributed by atoms with E-state index in [-0.39, 0.29) is 37.5 Å². The van der Waals surface area contributed by atoms with Crippen molar-refractivity contribution in [2.45, 2.75) is 271 Å². The molecule has 0 aromatic rings. The van der Waals surface area contributed by atoms with Gasteiger partial charge in [0, 0.05) is 19.3 Å². The maximum absolute atomic E-state index is 12.8. The van der Waals surface area contributed by atoms with Crippen molar-refractivity contribution >= 4 is 17.9 Å². The second-order valence-corrected chi connectivity index (χ2v) is 18.1. The van der Waals surface area contributed by atoms with Gasteiger partial charge in [0.25, 0.3) is 0 Å². The third-order valence-electron chi connectivity index (χ3n) is 11.7. The van der Waals surface area contributed by atoms with E-state index in [1.807, 2.05) is 0 Å². The number of hydrogen-bond acceptors (Lipinski definition) is 6. The fourth-order valence-corrected chi connectivity index (χ4v) is 7.60. The van der Waals surface area contributed by atoms with Gasteiger partial charge in [-0.05, 0) is 83.5 Å². The lowest BCUT2D eigenvalue weighted by Crippen LogP contribution is -2.30. The van der Waals surface area contributed by atoms with Crippen LogP contribution in [0.25, 0.3) is 0 Å². The first-order valence-corrected chi connectivity index (χ1v) is 27.5. The van der Waals surface area contributed by atoms with Crippen LogP contribution in [0.2, 0.25) is 0 Å². The summed E-state index contributed by atoms with van der Waals surface area (Å²) in [5.74, 6) is -0.933. The predicted molar refractivity (Wildman–Crippen MR) is 279 cm³/mol. The molecule has 374 valence electrons. The summed E-state index contributed by atoms with van der Waals surface area (Å²) in [6, 6.07) is 0. The van der Waals surface area contributed by atoms with E-state index in [4.69, 9.17) is 14.2 Å². The normalized spacial score (nSPS) is 12.6. The Morgan fingerprint density at radius 3 is 1.05 bits per heavy atom. The van der Waals surface area contributed by atoms with E-state index in [9.17, 15) is 14.4 Å². The van der Waals surface area contributed by atoms with Crippen molar-refractivity contribution in [2.24, 2.45) is 0 Å². The van der Waals surface area contributed by atoms with Gasteiger partial charge in [-0.25, -0.2) is 0 Å². The van der Waals surface area contributed by atoms with Crippen LogP contribution in [0.5, 0.6) is 0 Å². The number of hydrogen-bond donors (Lipinski definition) is 0. The number of unbranched alkanes of at least 4 members (excludes halogenated alkanes) is 27. The predicted octanol–water partition coefficient (Wildman–Crippen LogP) is 18.2. The minimum absolute atomic E-state index is 0.0917. The van der Waals surface area contributed by atoms with E-state index in [1.54, 1.807) is 0 Å². The van der Waals surface area contributed by atoms with Crippen LogP contribution in [0.4, 0.5) is 0 Å². The van der Waals surface area contributed by atoms with Crippen LogP contribution < -0.4 is 0 Å². The molecule has 6 heteroatoms. The van der Waals surface area contributed by atoms with E-state index >= 15 is 0 Å². The highest BCUT2D eigenvalue weighted by molar-refractivity contribution is 5.71. The van der Waals surface area contributed by atoms with Gasteiger partial charge in [0.15, 0.2) is 6.10 Å². The highest BCUT2D eigenvalue weighted by Crippen LogP contribution is 2.15. The van der Waals surface area contributed by atoms with E-state index in [2.05, 4.69) is 93.7 Å². The Labute approximate surface area is 402 Å². The third-order valence-corrected chi connectivity index (χ3v) is 11.7. The van der Waals surface area contributed by atoms with Crippen LogP contribution >= 0.6 is 0 Å². The molecule has 0 spiro atoms. The average molecular weight is 907 g/mol. The van der Waals surface area contributed by atoms with Gasteiger partial charge in [-0.2, -0.15) is 0 Å². The molecule has 0 aliphatic heterocycles. The Balaban J connectivity index is 4.45. The molecule has 0 heterocycles. The van der Waals surface area contributed by atoms with Crippen molar-refractivity contribution in [1.29, 1.82) is 0 Å². The largest absolute Gasteiger partial charge is 0.462 e. The van der Waals surface area contributed by atoms with Crippen LogP contribution in [0.1, 0.15) is 265 Å². The van der Waals surface area contributed by atoms with Gasteiger partial charge in [-0.15, -0.1) is 0 Å². The Kier molecular flexibility index (Phi) is 50.9. The molecule has 0 rings (SSSR count). The Morgan fingerprint density at radius 2 is 0.646 bits per heavy atom. The molecule has 0 saturated carbocycles. The molecule has 65 heavy (non-hydrogen) atoms. The van der Waals surface area contributed by atoms with E-state index in [0.717, 1.165) is 109 Å². The summed E-state index contributed by atoms with van der Waals surface area (Å²) in [6.07, 6.45) is 67.4. The minimum atomic E-state index is -0.797. The fraction of sp³-hybridized carbons (Fsp3) is 0.746. The first-order valence-electron chi connectivity index (χ1n) is 27.5. The molecule has 0 bridgehead atoms. The highest BCUT2D eigenvalue weighted by Gasteiger charge is 2.19. The van der Waals surface area contributed by atoms with Gasteiger partial charge in [0.2, 0.25) is 0 Å². The van der Waals surface area contributed by atoms with Gasteiger partial charge >= 0.3 is 17.9 Å². The summed E-state index contributed by atoms with van der Waals surface area (Å²) in [6.45, 7) is 6.49. The topological polar surface area (TPSA) is 78.9 Å². The summed E-state index contributed by atoms with van der Waals surface area (Å²) in [5.41, 5.74) is 0. The smallest absolute Gasteiger partial charge is 0.306 e. The number of esters is 3. The first kappa shape index (κ1) is 61.9. The zero-order chi connectivity index (χ0) is 47.2. The fourth-order valence-electron chi connectivity index (χ4n) is 7.60. The van der Waals surface area contributed by atoms with Gasteiger partial charge in [0.05, 0.1) is 0 Å². The summed E-state index contributed by atoms with van der Waals surface area (Å²) >= 11 is 0. The molecule has 6 nitrogen and oxygen atoms in total. The zero-order valence-electron chi connectivity index (χ0n) is 42.7. The molecule has 1 atom stereocenters. The van der Waals surface area contributed by atoms with Crippen molar-refractivity contribution in [2.75, 3.05) is 13.2 Å². The standard InChI is InChI=1S/C59H102O6/c1-4-7-10-13-16-19-22-25-27-29-30-32-34-37-40-43-46-49-52-58(61)64-55-56(54-63-57(60)51-48-45-42-39-36-33-24-21-18-15-12-9-6-3)65-59(62)53-50-47-44-41-38-35-31-28-26-23-20-17-14-11-8-5-2/h8,11,17,20,26-30,32,35,38,56H,4-7,9-10,12-16,18-19,21-25,31,33-34,36-37,39-55H2,1-3H3/b11-8-,20-17-,28-26-,29-27-,32-30-,38-35-. The van der Waals surface area contributed by atoms with Crippen molar-refractivity contribution in [1.82, 2.24) is 0 Å². The van der Waals surface area contributed by atoms with Gasteiger partial charge in [-0.3, -0.25) is 14.4 Å². The lowest BCUT2D eigenvalue weighted by molar-refractivity contribution is -0.167. The van der Waals surface area contributed by atoms with Crippen molar-refractivity contribution < 1.29 is 28.6 Å². The molecular weight excluding hydrogens is 805 g/mol. The SMILES string of the molecule is CC/C=C\C/C=C\C/C=C\C/C=C\CCCCCC(=O)OC(COC(=O)CCCCCCC/C=C\C=C/CCCCCCCCC)COC(=O)CCCCCCCCCCCCCCC. The Hall–Kier alpha value is -3.15. The van der Waals surface area contributed by atoms with E-state index in [1.165, 1.54) is 116 Å². The Bertz CT molecular complexity index is 1230. The molecule has 0 aromatic heterocycles. The molecule has 0 fully saturated rings. The number of carbonyl (C=O) groups excluding carboxylic acids is 3. The van der Waals surface area contributed by atoms with Crippen molar-refractivity contribution in [3.05, 3.63) is 72.9 Å². The molecule has 0 saturated heterocycles. The second kappa shape index (κ2) is 53.5. The van der Waals surface area contributed by atoms with Crippen molar-refractivity contribution in [3.63, 3.8) is 0 Å². The van der Waals surface area contributed by atoms with Crippen LogP contribution in [0.15, 0.2) is 72.9 Å². The van der Waals surface area contributed by atoms with E-state index in [0.29, 0.717) is 12.8 Å². The molecule has 0 radical (unpaired) electrons. The van der Waals surface area contributed by atoms with Crippen LogP contribution in [0.3, 0.4) is 0 Å². The number of ether oxygens (including phenoxy) is 3. The number of rotatable bonds is 49. The summed E-state index contributed by atoms with van der Waals surface area (Å²) < 4.78 is 16.8. The molecule has 0 N–H and O–H groups in total. The monoisotopic (exact) mass is 907 g/mol. The molecule has 1 unspecified atom stereocenters. The first-order chi connectivity index (χ1) is 32.0. The molecule has 0 amide bonds. The molecule has 0 aromatic carbocycles. The zero-order valence-corrected chi connectivity index (χ0v) is 42.7. The maximum atomic E-state index is 12.8. The second-order valence-electron chi connectivity index (χ2n) is 18.1. The van der Waals surface area contributed by atoms with Gasteiger partial charge in [-0.1, -0.05) is 235 Å². The summed E-state index contributed by atoms with van der Waals surface area (Å²) in [7, 11) is 0. The maximum Gasteiger partial charge on any atom is 0.306 e. The minimum Gasteiger partial charge on any atom is -0.462 e. The lowest BCUT2D eigenvalue weighted by Gasteiger charge is -2.18. The molecule has 0 aliphatic carbocycles. The summed E-state index contributed by atoms with van der Waals surface area (Å²) in [4.78, 5) is 38.1. The third kappa shape index (κ3) is 51.7. The number of carbonyl (C=O) groups is 3. The van der Waals surface area contributed by atoms with Crippen LogP contribution in [0, 0.1) is 0 Å². The average Bonchev–Trinajstić information content (AvgIpc) is 3.30. The highest BCUT2D eigenvalue weighted by atomic mass is 16.6. The molecule has 0 aliphatic rings. The lowest BCUT2D eigenvalue weighted by atomic mass is 10.0. The van der Waals surface area contributed by atoms with Crippen LogP contribution in [-0.2, 0) is 28.6 Å². The van der Waals surface area contributed by atoms with E-state index < -0.39 is 6.10 Å².